The van der Waals surface area contributed by atoms with E-state index in [1.54, 1.807) is 0 Å². The van der Waals surface area contributed by atoms with Crippen LogP contribution in [0.15, 0.2) is 39.0 Å². The highest BCUT2D eigenvalue weighted by Gasteiger charge is 2.27. The lowest BCUT2D eigenvalue weighted by atomic mass is 10.1. The summed E-state index contributed by atoms with van der Waals surface area (Å²) in [5, 5.41) is -0.612. The number of anilines is 1. The van der Waals surface area contributed by atoms with Crippen molar-refractivity contribution in [3.63, 3.8) is 0 Å². The topological polar surface area (TPSA) is 189 Å². The SMILES string of the molecule is Nc1ccc2cc(S(=O)(=O)O)c(S(=O)(=O)O)cc2c1S(=O)(=O)O. The van der Waals surface area contributed by atoms with Gasteiger partial charge in [0.15, 0.2) is 0 Å². The van der Waals surface area contributed by atoms with Gasteiger partial charge in [0.2, 0.25) is 0 Å². The second-order valence-corrected chi connectivity index (χ2v) is 8.57. The molecule has 0 aliphatic carbocycles. The van der Waals surface area contributed by atoms with Gasteiger partial charge in [-0.05, 0) is 23.6 Å². The zero-order valence-electron chi connectivity index (χ0n) is 10.9. The molecule has 0 bridgehead atoms. The van der Waals surface area contributed by atoms with E-state index in [0.717, 1.165) is 12.1 Å². The third-order valence-electron chi connectivity index (χ3n) is 2.88. The molecule has 0 heterocycles. The second kappa shape index (κ2) is 5.12. The van der Waals surface area contributed by atoms with Crippen molar-refractivity contribution in [2.24, 2.45) is 0 Å². The molecule has 0 aromatic heterocycles. The molecule has 0 radical (unpaired) electrons. The van der Waals surface area contributed by atoms with E-state index < -0.39 is 56.1 Å². The molecule has 0 amide bonds. The number of hydrogen-bond donors (Lipinski definition) is 4. The van der Waals surface area contributed by atoms with Crippen molar-refractivity contribution < 1.29 is 38.9 Å². The Morgan fingerprint density at radius 2 is 1.22 bits per heavy atom. The van der Waals surface area contributed by atoms with Gasteiger partial charge in [0.05, 0.1) is 5.69 Å². The first kappa shape index (κ1) is 17.6. The maximum atomic E-state index is 11.4. The first-order valence-corrected chi connectivity index (χ1v) is 9.83. The van der Waals surface area contributed by atoms with E-state index in [9.17, 15) is 29.8 Å². The smallest absolute Gasteiger partial charge is 0.297 e. The highest BCUT2D eigenvalue weighted by Crippen LogP contribution is 2.33. The van der Waals surface area contributed by atoms with Crippen LogP contribution in [0, 0.1) is 0 Å². The number of benzene rings is 2. The number of nitrogens with two attached hydrogens (primary N) is 1. The molecular formula is C10H9NO9S3. The molecule has 0 spiro atoms. The fourth-order valence-corrected chi connectivity index (χ4v) is 4.63. The summed E-state index contributed by atoms with van der Waals surface area (Å²) in [4.78, 5) is -3.27. The minimum atomic E-state index is -5.14. The van der Waals surface area contributed by atoms with Crippen molar-refractivity contribution in [3.8, 4) is 0 Å². The third kappa shape index (κ3) is 3.29. The van der Waals surface area contributed by atoms with Crippen molar-refractivity contribution in [3.05, 3.63) is 24.3 Å². The molecule has 2 aromatic rings. The standard InChI is InChI=1S/C10H9NO9S3/c11-7-2-1-5-3-8(21(12,13)14)9(22(15,16)17)4-6(5)10(7)23(18,19)20/h1-4H,11H2,(H,12,13,14)(H,15,16,17)(H,18,19,20). The number of fused-ring (bicyclic) bond motifs is 1. The molecule has 0 fully saturated rings. The molecule has 0 aliphatic rings. The molecule has 0 unspecified atom stereocenters. The number of hydrogen-bond acceptors (Lipinski definition) is 7. The van der Waals surface area contributed by atoms with Crippen molar-refractivity contribution >= 4 is 46.8 Å². The normalized spacial score (nSPS) is 13.3. The van der Waals surface area contributed by atoms with Crippen LogP contribution in [0.5, 0.6) is 0 Å². The van der Waals surface area contributed by atoms with Crippen LogP contribution in [0.2, 0.25) is 0 Å². The summed E-state index contributed by atoms with van der Waals surface area (Å²) >= 11 is 0. The largest absolute Gasteiger partial charge is 0.398 e. The van der Waals surface area contributed by atoms with Crippen LogP contribution in [0.1, 0.15) is 0 Å². The molecule has 2 aromatic carbocycles. The van der Waals surface area contributed by atoms with E-state index >= 15 is 0 Å². The second-order valence-electron chi connectivity index (χ2n) is 4.43. The Bertz CT molecular complexity index is 1130. The summed E-state index contributed by atoms with van der Waals surface area (Å²) in [5.41, 5.74) is 5.01. The average molecular weight is 383 g/mol. The Kier molecular flexibility index (Phi) is 3.91. The lowest BCUT2D eigenvalue weighted by molar-refractivity contribution is 0.467. The Balaban J connectivity index is 3.17. The predicted octanol–water partition coefficient (Wildman–Crippen LogP) is 0.162. The van der Waals surface area contributed by atoms with Gasteiger partial charge >= 0.3 is 0 Å². The summed E-state index contributed by atoms with van der Waals surface area (Å²) in [5.74, 6) is 0. The van der Waals surface area contributed by atoms with E-state index in [2.05, 4.69) is 0 Å². The number of rotatable bonds is 3. The van der Waals surface area contributed by atoms with Gasteiger partial charge in [-0.15, -0.1) is 0 Å². The van der Waals surface area contributed by atoms with Crippen LogP contribution in [0.4, 0.5) is 5.69 Å². The molecule has 5 N–H and O–H groups in total. The highest BCUT2D eigenvalue weighted by atomic mass is 32.2. The minimum Gasteiger partial charge on any atom is -0.398 e. The Morgan fingerprint density at radius 3 is 1.65 bits per heavy atom. The van der Waals surface area contributed by atoms with E-state index in [0.29, 0.717) is 12.1 Å². The van der Waals surface area contributed by atoms with E-state index in [-0.39, 0.29) is 5.39 Å². The fourth-order valence-electron chi connectivity index (χ4n) is 2.01. The van der Waals surface area contributed by atoms with Crippen LogP contribution in [-0.4, -0.2) is 38.9 Å². The predicted molar refractivity (Wildman–Crippen MR) is 77.8 cm³/mol. The summed E-state index contributed by atoms with van der Waals surface area (Å²) in [6, 6.07) is 3.28. The molecule has 2 rings (SSSR count). The first-order valence-electron chi connectivity index (χ1n) is 5.51. The Morgan fingerprint density at radius 1 is 0.739 bits per heavy atom. The molecule has 0 atom stereocenters. The van der Waals surface area contributed by atoms with Crippen LogP contribution < -0.4 is 5.73 Å². The highest BCUT2D eigenvalue weighted by molar-refractivity contribution is 7.89. The van der Waals surface area contributed by atoms with E-state index in [1.165, 1.54) is 0 Å². The van der Waals surface area contributed by atoms with Crippen molar-refractivity contribution in [1.82, 2.24) is 0 Å². The maximum Gasteiger partial charge on any atom is 0.297 e. The van der Waals surface area contributed by atoms with Crippen LogP contribution in [0.25, 0.3) is 10.8 Å². The molecule has 126 valence electrons. The minimum absolute atomic E-state index is 0.160. The van der Waals surface area contributed by atoms with Gasteiger partial charge in [0.25, 0.3) is 30.4 Å². The monoisotopic (exact) mass is 383 g/mol. The zero-order chi connectivity index (χ0) is 17.8. The third-order valence-corrected chi connectivity index (χ3v) is 5.77. The summed E-state index contributed by atoms with van der Waals surface area (Å²) in [6.45, 7) is 0. The fraction of sp³-hybridized carbons (Fsp3) is 0. The maximum absolute atomic E-state index is 11.4. The van der Waals surface area contributed by atoms with E-state index in [1.807, 2.05) is 0 Å². The number of nitrogen functional groups attached to an aromatic ring is 1. The van der Waals surface area contributed by atoms with Crippen LogP contribution >= 0.6 is 0 Å². The zero-order valence-corrected chi connectivity index (χ0v) is 13.4. The van der Waals surface area contributed by atoms with Gasteiger partial charge in [0, 0.05) is 5.39 Å². The quantitative estimate of drug-likeness (QED) is 0.419. The molecule has 0 saturated carbocycles. The average Bonchev–Trinajstić information content (AvgIpc) is 2.33. The molecule has 0 saturated heterocycles. The molecule has 23 heavy (non-hydrogen) atoms. The molecule has 13 heteroatoms. The van der Waals surface area contributed by atoms with Gasteiger partial charge in [-0.1, -0.05) is 6.07 Å². The van der Waals surface area contributed by atoms with Crippen LogP contribution in [-0.2, 0) is 30.4 Å². The summed E-state index contributed by atoms with van der Waals surface area (Å²) in [6.07, 6.45) is 0. The molecule has 10 nitrogen and oxygen atoms in total. The Labute approximate surface area is 130 Å². The van der Waals surface area contributed by atoms with Gasteiger partial charge in [0.1, 0.15) is 14.7 Å². The summed E-state index contributed by atoms with van der Waals surface area (Å²) < 4.78 is 95.4. The van der Waals surface area contributed by atoms with Crippen molar-refractivity contribution in [2.45, 2.75) is 14.7 Å². The van der Waals surface area contributed by atoms with Gasteiger partial charge < -0.3 is 5.73 Å². The first-order chi connectivity index (χ1) is 10.2. The lowest BCUT2D eigenvalue weighted by Crippen LogP contribution is -2.10. The van der Waals surface area contributed by atoms with Gasteiger partial charge in [-0.3, -0.25) is 13.7 Å². The van der Waals surface area contributed by atoms with Crippen molar-refractivity contribution in [1.29, 1.82) is 0 Å². The van der Waals surface area contributed by atoms with Crippen LogP contribution in [0.3, 0.4) is 0 Å². The lowest BCUT2D eigenvalue weighted by Gasteiger charge is -2.11. The van der Waals surface area contributed by atoms with E-state index in [4.69, 9.17) is 14.8 Å². The van der Waals surface area contributed by atoms with Gasteiger partial charge in [-0.25, -0.2) is 0 Å². The van der Waals surface area contributed by atoms with Crippen molar-refractivity contribution in [2.75, 3.05) is 5.73 Å². The molecule has 0 aliphatic heterocycles. The summed E-state index contributed by atoms with van der Waals surface area (Å²) in [7, 11) is -15.1. The molecular weight excluding hydrogens is 374 g/mol. The Hall–Kier alpha value is -1.77. The van der Waals surface area contributed by atoms with Gasteiger partial charge in [-0.2, -0.15) is 25.3 Å².